The Morgan fingerprint density at radius 1 is 1.44 bits per heavy atom. The Kier molecular flexibility index (Phi) is 3.27. The van der Waals surface area contributed by atoms with Crippen LogP contribution in [0.1, 0.15) is 16.2 Å². The Morgan fingerprint density at radius 2 is 2.22 bits per heavy atom. The molecule has 94 valence electrons. The Balaban J connectivity index is 2.19. The highest BCUT2D eigenvalue weighted by atomic mass is 16.5. The van der Waals surface area contributed by atoms with Gasteiger partial charge < -0.3 is 9.64 Å². The number of carbonyl (C=O) groups excluding carboxylic acids is 1. The van der Waals surface area contributed by atoms with Crippen LogP contribution in [0.4, 0.5) is 5.69 Å². The van der Waals surface area contributed by atoms with Crippen LogP contribution in [-0.2, 0) is 0 Å². The van der Waals surface area contributed by atoms with Crippen LogP contribution in [0.3, 0.4) is 0 Å². The summed E-state index contributed by atoms with van der Waals surface area (Å²) in [5.41, 5.74) is 1.91. The van der Waals surface area contributed by atoms with Crippen molar-refractivity contribution in [2.75, 3.05) is 19.1 Å². The number of aryl methyl sites for hydroxylation is 1. The molecule has 6 nitrogen and oxygen atoms in total. The Hall–Kier alpha value is -2.37. The summed E-state index contributed by atoms with van der Waals surface area (Å²) in [6, 6.07) is 5.17. The Morgan fingerprint density at radius 3 is 2.72 bits per heavy atom. The van der Waals surface area contributed by atoms with Gasteiger partial charge in [-0.1, -0.05) is 0 Å². The van der Waals surface area contributed by atoms with Crippen LogP contribution in [-0.4, -0.2) is 35.2 Å². The third kappa shape index (κ3) is 2.32. The number of hydrogen-bond acceptors (Lipinski definition) is 4. The second-order valence-corrected chi connectivity index (χ2v) is 3.86. The average Bonchev–Trinajstić information content (AvgIpc) is 2.84. The summed E-state index contributed by atoms with van der Waals surface area (Å²) >= 11 is 0. The van der Waals surface area contributed by atoms with Gasteiger partial charge in [-0.05, 0) is 19.1 Å². The van der Waals surface area contributed by atoms with Crippen molar-refractivity contribution in [3.05, 3.63) is 35.8 Å². The molecule has 1 amide bonds. The molecule has 0 fully saturated rings. The highest BCUT2D eigenvalue weighted by Gasteiger charge is 2.16. The molecule has 0 saturated carbocycles. The third-order valence-corrected chi connectivity index (χ3v) is 2.55. The highest BCUT2D eigenvalue weighted by molar-refractivity contribution is 6.04. The number of aromatic nitrogens is 3. The predicted molar refractivity (Wildman–Crippen MR) is 66.8 cm³/mol. The molecule has 2 aromatic heterocycles. The number of carbonyl (C=O) groups is 1. The molecule has 2 heterocycles. The molecule has 2 rings (SSSR count). The maximum absolute atomic E-state index is 12.1. The normalized spacial score (nSPS) is 10.2. The topological polar surface area (TPSA) is 71.1 Å². The summed E-state index contributed by atoms with van der Waals surface area (Å²) in [7, 11) is 3.22. The lowest BCUT2D eigenvalue weighted by molar-refractivity contribution is 0.0988. The first-order chi connectivity index (χ1) is 8.61. The van der Waals surface area contributed by atoms with E-state index in [9.17, 15) is 4.79 Å². The van der Waals surface area contributed by atoms with Crippen molar-refractivity contribution in [1.29, 1.82) is 0 Å². The number of methoxy groups -OCH3 is 1. The molecule has 0 aromatic carbocycles. The molecule has 0 unspecified atom stereocenters. The summed E-state index contributed by atoms with van der Waals surface area (Å²) < 4.78 is 4.97. The van der Waals surface area contributed by atoms with Crippen LogP contribution in [0, 0.1) is 6.92 Å². The van der Waals surface area contributed by atoms with E-state index in [0.29, 0.717) is 17.3 Å². The van der Waals surface area contributed by atoms with Crippen LogP contribution in [0.25, 0.3) is 0 Å². The zero-order valence-corrected chi connectivity index (χ0v) is 10.5. The van der Waals surface area contributed by atoms with Crippen molar-refractivity contribution in [3.63, 3.8) is 0 Å². The molecule has 1 N–H and O–H groups in total. The summed E-state index contributed by atoms with van der Waals surface area (Å²) in [5, 5.41) is 6.68. The minimum atomic E-state index is -0.189. The number of H-pyrrole nitrogens is 1. The van der Waals surface area contributed by atoms with Gasteiger partial charge in [0.25, 0.3) is 5.91 Å². The number of nitrogens with one attached hydrogen (secondary N) is 1. The zero-order chi connectivity index (χ0) is 13.1. The molecule has 0 bridgehead atoms. The van der Waals surface area contributed by atoms with Gasteiger partial charge in [-0.2, -0.15) is 5.10 Å². The number of nitrogens with zero attached hydrogens (tertiary/aromatic N) is 3. The van der Waals surface area contributed by atoms with E-state index in [2.05, 4.69) is 15.2 Å². The first kappa shape index (κ1) is 12.1. The van der Waals surface area contributed by atoms with Crippen LogP contribution < -0.4 is 9.64 Å². The van der Waals surface area contributed by atoms with Gasteiger partial charge in [0.15, 0.2) is 5.69 Å². The van der Waals surface area contributed by atoms with Crippen molar-refractivity contribution >= 4 is 11.6 Å². The van der Waals surface area contributed by atoms with E-state index in [4.69, 9.17) is 4.74 Å². The summed E-state index contributed by atoms with van der Waals surface area (Å²) in [6.07, 6.45) is 1.58. The van der Waals surface area contributed by atoms with Crippen molar-refractivity contribution < 1.29 is 9.53 Å². The number of rotatable bonds is 3. The fourth-order valence-corrected chi connectivity index (χ4v) is 1.51. The predicted octanol–water partition coefficient (Wildman–Crippen LogP) is 1.40. The van der Waals surface area contributed by atoms with E-state index in [1.165, 1.54) is 4.90 Å². The van der Waals surface area contributed by atoms with Gasteiger partial charge in [0.05, 0.1) is 19.0 Å². The maximum atomic E-state index is 12.1. The van der Waals surface area contributed by atoms with Gasteiger partial charge in [0, 0.05) is 18.8 Å². The first-order valence-corrected chi connectivity index (χ1v) is 5.42. The molecular weight excluding hydrogens is 232 g/mol. The van der Waals surface area contributed by atoms with E-state index in [-0.39, 0.29) is 5.91 Å². The SMILES string of the molecule is COc1ccc(N(C)C(=O)c2cc(C)[nH]n2)cn1. The third-order valence-electron chi connectivity index (χ3n) is 2.55. The molecule has 0 radical (unpaired) electrons. The zero-order valence-electron chi connectivity index (χ0n) is 10.5. The van der Waals surface area contributed by atoms with Gasteiger partial charge in [0.1, 0.15) is 0 Å². The maximum Gasteiger partial charge on any atom is 0.278 e. The molecule has 0 aliphatic heterocycles. The molecule has 0 saturated heterocycles. The summed E-state index contributed by atoms with van der Waals surface area (Å²) in [5.74, 6) is 0.321. The van der Waals surface area contributed by atoms with Gasteiger partial charge in [-0.15, -0.1) is 0 Å². The van der Waals surface area contributed by atoms with Crippen molar-refractivity contribution in [2.45, 2.75) is 6.92 Å². The van der Waals surface area contributed by atoms with Crippen LogP contribution in [0.15, 0.2) is 24.4 Å². The molecule has 2 aromatic rings. The highest BCUT2D eigenvalue weighted by Crippen LogP contribution is 2.16. The number of aromatic amines is 1. The lowest BCUT2D eigenvalue weighted by atomic mass is 10.3. The van der Waals surface area contributed by atoms with Crippen molar-refractivity contribution in [3.8, 4) is 5.88 Å². The quantitative estimate of drug-likeness (QED) is 0.888. The first-order valence-electron chi connectivity index (χ1n) is 5.42. The van der Waals surface area contributed by atoms with Gasteiger partial charge in [-0.25, -0.2) is 4.98 Å². The minimum absolute atomic E-state index is 0.189. The molecule has 6 heteroatoms. The van der Waals surface area contributed by atoms with E-state index in [1.807, 2.05) is 6.92 Å². The van der Waals surface area contributed by atoms with E-state index < -0.39 is 0 Å². The molecule has 18 heavy (non-hydrogen) atoms. The fraction of sp³-hybridized carbons (Fsp3) is 0.250. The second-order valence-electron chi connectivity index (χ2n) is 3.86. The average molecular weight is 246 g/mol. The minimum Gasteiger partial charge on any atom is -0.481 e. The number of amides is 1. The number of ether oxygens (including phenoxy) is 1. The fourth-order valence-electron chi connectivity index (χ4n) is 1.51. The smallest absolute Gasteiger partial charge is 0.278 e. The van der Waals surface area contributed by atoms with Crippen LogP contribution in [0.5, 0.6) is 5.88 Å². The summed E-state index contributed by atoms with van der Waals surface area (Å²) in [4.78, 5) is 17.6. The monoisotopic (exact) mass is 246 g/mol. The molecular formula is C12H14N4O2. The molecule has 0 spiro atoms. The molecule has 0 atom stereocenters. The van der Waals surface area contributed by atoms with Crippen molar-refractivity contribution in [1.82, 2.24) is 15.2 Å². The van der Waals surface area contributed by atoms with E-state index in [1.54, 1.807) is 38.6 Å². The second kappa shape index (κ2) is 4.87. The van der Waals surface area contributed by atoms with E-state index >= 15 is 0 Å². The van der Waals surface area contributed by atoms with Crippen LogP contribution >= 0.6 is 0 Å². The number of pyridine rings is 1. The largest absolute Gasteiger partial charge is 0.481 e. The Labute approximate surface area is 105 Å². The number of anilines is 1. The van der Waals surface area contributed by atoms with Gasteiger partial charge in [-0.3, -0.25) is 9.89 Å². The molecule has 0 aliphatic rings. The standard InChI is InChI=1S/C12H14N4O2/c1-8-6-10(15-14-8)12(17)16(2)9-4-5-11(18-3)13-7-9/h4-7H,1-3H3,(H,14,15). The van der Waals surface area contributed by atoms with Gasteiger partial charge in [0.2, 0.25) is 5.88 Å². The van der Waals surface area contributed by atoms with Gasteiger partial charge >= 0.3 is 0 Å². The Bertz CT molecular complexity index is 547. The lowest BCUT2D eigenvalue weighted by Crippen LogP contribution is -2.26. The summed E-state index contributed by atoms with van der Waals surface area (Å²) in [6.45, 7) is 1.85. The van der Waals surface area contributed by atoms with E-state index in [0.717, 1.165) is 5.69 Å². The lowest BCUT2D eigenvalue weighted by Gasteiger charge is -2.15. The van der Waals surface area contributed by atoms with Crippen molar-refractivity contribution in [2.24, 2.45) is 0 Å². The molecule has 0 aliphatic carbocycles. The van der Waals surface area contributed by atoms with Crippen LogP contribution in [0.2, 0.25) is 0 Å². The number of hydrogen-bond donors (Lipinski definition) is 1.